The van der Waals surface area contributed by atoms with Gasteiger partial charge in [0.15, 0.2) is 0 Å². The maximum atomic E-state index is 12.1. The highest BCUT2D eigenvalue weighted by molar-refractivity contribution is 5.69. The van der Waals surface area contributed by atoms with E-state index in [9.17, 15) is 4.79 Å². The fourth-order valence-electron chi connectivity index (χ4n) is 2.72. The molecule has 0 N–H and O–H groups in total. The molecular formula is C18H28N2O2. The number of hydrogen-bond donors (Lipinski definition) is 0. The molecule has 1 aromatic rings. The molecule has 0 saturated carbocycles. The Labute approximate surface area is 134 Å². The molecule has 0 spiro atoms. The van der Waals surface area contributed by atoms with Crippen molar-refractivity contribution in [3.05, 3.63) is 29.8 Å². The molecule has 2 rings (SSSR count). The third kappa shape index (κ3) is 4.15. The molecule has 0 aromatic heterocycles. The minimum atomic E-state index is -0.432. The van der Waals surface area contributed by atoms with Gasteiger partial charge in [-0.2, -0.15) is 0 Å². The first-order chi connectivity index (χ1) is 10.3. The van der Waals surface area contributed by atoms with Gasteiger partial charge in [-0.3, -0.25) is 0 Å². The van der Waals surface area contributed by atoms with Gasteiger partial charge >= 0.3 is 6.09 Å². The zero-order valence-electron chi connectivity index (χ0n) is 14.4. The summed E-state index contributed by atoms with van der Waals surface area (Å²) < 4.78 is 5.45. The fraction of sp³-hybridized carbons (Fsp3) is 0.611. The topological polar surface area (TPSA) is 32.8 Å². The van der Waals surface area contributed by atoms with Gasteiger partial charge in [0.05, 0.1) is 0 Å². The lowest BCUT2D eigenvalue weighted by atomic mass is 10.00. The zero-order valence-corrected chi connectivity index (χ0v) is 14.4. The van der Waals surface area contributed by atoms with E-state index >= 15 is 0 Å². The lowest BCUT2D eigenvalue weighted by Crippen LogP contribution is -2.50. The summed E-state index contributed by atoms with van der Waals surface area (Å²) >= 11 is 0. The first kappa shape index (κ1) is 16.7. The van der Waals surface area contributed by atoms with Crippen LogP contribution < -0.4 is 4.90 Å². The second-order valence-electron chi connectivity index (χ2n) is 7.17. The van der Waals surface area contributed by atoms with E-state index in [4.69, 9.17) is 4.74 Å². The normalized spacial score (nSPS) is 16.1. The minimum Gasteiger partial charge on any atom is -0.444 e. The summed E-state index contributed by atoms with van der Waals surface area (Å²) in [5.74, 6) is 0.500. The van der Waals surface area contributed by atoms with Gasteiger partial charge in [0.2, 0.25) is 0 Å². The number of rotatable bonds is 2. The van der Waals surface area contributed by atoms with Gasteiger partial charge in [-0.1, -0.05) is 32.0 Å². The van der Waals surface area contributed by atoms with Crippen molar-refractivity contribution in [1.29, 1.82) is 0 Å². The number of benzene rings is 1. The Morgan fingerprint density at radius 1 is 1.09 bits per heavy atom. The van der Waals surface area contributed by atoms with E-state index in [1.807, 2.05) is 20.8 Å². The molecule has 1 aliphatic rings. The average Bonchev–Trinajstić information content (AvgIpc) is 2.45. The van der Waals surface area contributed by atoms with E-state index in [0.717, 1.165) is 13.1 Å². The van der Waals surface area contributed by atoms with Crippen molar-refractivity contribution in [2.75, 3.05) is 31.1 Å². The third-order valence-corrected chi connectivity index (χ3v) is 3.83. The molecule has 22 heavy (non-hydrogen) atoms. The molecule has 0 bridgehead atoms. The highest BCUT2D eigenvalue weighted by Gasteiger charge is 2.26. The first-order valence-corrected chi connectivity index (χ1v) is 8.10. The second-order valence-corrected chi connectivity index (χ2v) is 7.17. The van der Waals surface area contributed by atoms with E-state index in [-0.39, 0.29) is 6.09 Å². The van der Waals surface area contributed by atoms with Crippen LogP contribution in [-0.2, 0) is 4.74 Å². The molecule has 0 radical (unpaired) electrons. The van der Waals surface area contributed by atoms with Crippen LogP contribution in [0.3, 0.4) is 0 Å². The van der Waals surface area contributed by atoms with Gasteiger partial charge in [0.25, 0.3) is 0 Å². The second kappa shape index (κ2) is 6.59. The van der Waals surface area contributed by atoms with Crippen molar-refractivity contribution in [3.63, 3.8) is 0 Å². The molecule has 1 saturated heterocycles. The largest absolute Gasteiger partial charge is 0.444 e. The molecule has 1 aliphatic heterocycles. The first-order valence-electron chi connectivity index (χ1n) is 8.10. The number of carbonyl (C=O) groups is 1. The Kier molecular flexibility index (Phi) is 4.99. The Morgan fingerprint density at radius 2 is 1.68 bits per heavy atom. The van der Waals surface area contributed by atoms with Crippen molar-refractivity contribution >= 4 is 11.8 Å². The lowest BCUT2D eigenvalue weighted by molar-refractivity contribution is 0.0240. The summed E-state index contributed by atoms with van der Waals surface area (Å²) in [5.41, 5.74) is 2.23. The fourth-order valence-corrected chi connectivity index (χ4v) is 2.72. The monoisotopic (exact) mass is 304 g/mol. The minimum absolute atomic E-state index is 0.204. The van der Waals surface area contributed by atoms with E-state index in [1.165, 1.54) is 11.3 Å². The van der Waals surface area contributed by atoms with Crippen molar-refractivity contribution in [2.24, 2.45) is 0 Å². The standard InChI is InChI=1S/C18H28N2O2/c1-14(2)15-8-6-7-9-16(15)19-10-12-20(13-11-19)17(21)22-18(3,4)5/h6-9,14H,10-13H2,1-5H3. The third-order valence-electron chi connectivity index (χ3n) is 3.83. The van der Waals surface area contributed by atoms with E-state index in [0.29, 0.717) is 19.0 Å². The van der Waals surface area contributed by atoms with Crippen LogP contribution in [0.4, 0.5) is 10.5 Å². The Balaban J connectivity index is 2.00. The molecule has 0 aliphatic carbocycles. The van der Waals surface area contributed by atoms with Gasteiger partial charge < -0.3 is 14.5 Å². The molecule has 0 atom stereocenters. The van der Waals surface area contributed by atoms with Gasteiger partial charge in [0, 0.05) is 31.9 Å². The van der Waals surface area contributed by atoms with Gasteiger partial charge in [-0.05, 0) is 38.3 Å². The summed E-state index contributed by atoms with van der Waals surface area (Å²) in [5, 5.41) is 0. The van der Waals surface area contributed by atoms with Crippen LogP contribution in [0.5, 0.6) is 0 Å². The zero-order chi connectivity index (χ0) is 16.3. The van der Waals surface area contributed by atoms with E-state index < -0.39 is 5.60 Å². The SMILES string of the molecule is CC(C)c1ccccc1N1CCN(C(=O)OC(C)(C)C)CC1. The predicted octanol–water partition coefficient (Wildman–Crippen LogP) is 3.87. The summed E-state index contributed by atoms with van der Waals surface area (Å²) in [6.07, 6.45) is -0.204. The number of carbonyl (C=O) groups excluding carboxylic acids is 1. The van der Waals surface area contributed by atoms with E-state index in [2.05, 4.69) is 43.0 Å². The molecule has 1 heterocycles. The van der Waals surface area contributed by atoms with Crippen LogP contribution in [-0.4, -0.2) is 42.8 Å². The summed E-state index contributed by atoms with van der Waals surface area (Å²) in [6.45, 7) is 13.3. The summed E-state index contributed by atoms with van der Waals surface area (Å²) in [4.78, 5) is 16.3. The quantitative estimate of drug-likeness (QED) is 0.831. The van der Waals surface area contributed by atoms with Crippen LogP contribution in [0, 0.1) is 0 Å². The predicted molar refractivity (Wildman–Crippen MR) is 90.6 cm³/mol. The highest BCUT2D eigenvalue weighted by atomic mass is 16.6. The van der Waals surface area contributed by atoms with Crippen LogP contribution in [0.15, 0.2) is 24.3 Å². The average molecular weight is 304 g/mol. The molecule has 1 fully saturated rings. The van der Waals surface area contributed by atoms with Crippen LogP contribution >= 0.6 is 0 Å². The molecule has 4 heteroatoms. The lowest BCUT2D eigenvalue weighted by Gasteiger charge is -2.37. The number of hydrogen-bond acceptors (Lipinski definition) is 3. The highest BCUT2D eigenvalue weighted by Crippen LogP contribution is 2.28. The molecular weight excluding hydrogens is 276 g/mol. The van der Waals surface area contributed by atoms with Crippen molar-refractivity contribution in [2.45, 2.75) is 46.1 Å². The number of ether oxygens (including phenoxy) is 1. The van der Waals surface area contributed by atoms with Crippen LogP contribution in [0.1, 0.15) is 46.1 Å². The Hall–Kier alpha value is -1.71. The molecule has 1 aromatic carbocycles. The number of piperazine rings is 1. The summed E-state index contributed by atoms with van der Waals surface area (Å²) in [6, 6.07) is 8.55. The van der Waals surface area contributed by atoms with Crippen molar-refractivity contribution in [1.82, 2.24) is 4.90 Å². The van der Waals surface area contributed by atoms with Crippen LogP contribution in [0.25, 0.3) is 0 Å². The van der Waals surface area contributed by atoms with E-state index in [1.54, 1.807) is 4.90 Å². The van der Waals surface area contributed by atoms with Crippen molar-refractivity contribution < 1.29 is 9.53 Å². The Bertz CT molecular complexity index is 512. The number of para-hydroxylation sites is 1. The Morgan fingerprint density at radius 3 is 2.23 bits per heavy atom. The summed E-state index contributed by atoms with van der Waals surface area (Å²) in [7, 11) is 0. The van der Waals surface area contributed by atoms with Gasteiger partial charge in [-0.25, -0.2) is 4.79 Å². The number of nitrogens with zero attached hydrogens (tertiary/aromatic N) is 2. The molecule has 0 unspecified atom stereocenters. The number of anilines is 1. The molecule has 1 amide bonds. The number of amides is 1. The van der Waals surface area contributed by atoms with Crippen molar-refractivity contribution in [3.8, 4) is 0 Å². The maximum absolute atomic E-state index is 12.1. The van der Waals surface area contributed by atoms with Crippen LogP contribution in [0.2, 0.25) is 0 Å². The van der Waals surface area contributed by atoms with Gasteiger partial charge in [0.1, 0.15) is 5.60 Å². The molecule has 122 valence electrons. The maximum Gasteiger partial charge on any atom is 0.410 e. The molecule has 4 nitrogen and oxygen atoms in total. The smallest absolute Gasteiger partial charge is 0.410 e. The van der Waals surface area contributed by atoms with Gasteiger partial charge in [-0.15, -0.1) is 0 Å².